The van der Waals surface area contributed by atoms with Crippen LogP contribution < -0.4 is 24.2 Å². The number of hydrogen-bond donors (Lipinski definition) is 2. The number of ketones is 1. The maximum absolute atomic E-state index is 14.8. The van der Waals surface area contributed by atoms with Crippen molar-refractivity contribution in [3.63, 3.8) is 0 Å². The van der Waals surface area contributed by atoms with E-state index in [0.717, 1.165) is 24.8 Å². The molecule has 1 aromatic carbocycles. The Morgan fingerprint density at radius 1 is 1.05 bits per heavy atom. The van der Waals surface area contributed by atoms with Crippen LogP contribution in [0.4, 0.5) is 4.79 Å². The number of pyridine rings is 1. The van der Waals surface area contributed by atoms with E-state index in [2.05, 4.69) is 10.0 Å². The Bertz CT molecular complexity index is 2100. The first kappa shape index (κ1) is 41.7. The molecule has 58 heavy (non-hydrogen) atoms. The molecule has 0 radical (unpaired) electrons. The minimum atomic E-state index is -3.96. The molecule has 0 spiro atoms. The number of ether oxygens (including phenoxy) is 4. The van der Waals surface area contributed by atoms with Gasteiger partial charge in [0, 0.05) is 37.0 Å². The van der Waals surface area contributed by atoms with Gasteiger partial charge in [0.2, 0.25) is 27.7 Å². The molecule has 3 aliphatic heterocycles. The predicted molar refractivity (Wildman–Crippen MR) is 215 cm³/mol. The van der Waals surface area contributed by atoms with Crippen LogP contribution in [-0.4, -0.2) is 116 Å². The number of amides is 4. The number of benzene rings is 1. The Labute approximate surface area is 340 Å². The van der Waals surface area contributed by atoms with Crippen LogP contribution in [0, 0.1) is 18.3 Å². The van der Waals surface area contributed by atoms with Gasteiger partial charge in [-0.2, -0.15) is 0 Å². The van der Waals surface area contributed by atoms with Gasteiger partial charge in [-0.1, -0.05) is 25.0 Å². The van der Waals surface area contributed by atoms with Crippen LogP contribution in [0.5, 0.6) is 17.4 Å². The minimum absolute atomic E-state index is 0.0330. The number of aromatic nitrogens is 1. The zero-order chi connectivity index (χ0) is 41.6. The van der Waals surface area contributed by atoms with E-state index < -0.39 is 55.8 Å². The van der Waals surface area contributed by atoms with Crippen LogP contribution >= 0.6 is 0 Å². The van der Waals surface area contributed by atoms with Gasteiger partial charge in [0.05, 0.1) is 55.1 Å². The first-order valence-electron chi connectivity index (χ1n) is 20.5. The summed E-state index contributed by atoms with van der Waals surface area (Å²) in [6, 6.07) is 3.06. The molecule has 2 saturated heterocycles. The maximum atomic E-state index is 14.8. The number of aryl methyl sites for hydroxylation is 1. The highest BCUT2D eigenvalue weighted by Gasteiger charge is 2.62. The molecule has 2 N–H and O–H groups in total. The second kappa shape index (κ2) is 16.0. The highest BCUT2D eigenvalue weighted by atomic mass is 32.2. The molecule has 2 saturated carbocycles. The average Bonchev–Trinajstić information content (AvgIpc) is 4.06. The molecule has 5 atom stereocenters. The molecule has 4 heterocycles. The fourth-order valence-electron chi connectivity index (χ4n) is 8.64. The highest BCUT2D eigenvalue weighted by Crippen LogP contribution is 2.57. The van der Waals surface area contributed by atoms with Crippen molar-refractivity contribution < 1.29 is 46.5 Å². The van der Waals surface area contributed by atoms with E-state index >= 15 is 0 Å². The van der Waals surface area contributed by atoms with E-state index in [4.69, 9.17) is 23.9 Å². The minimum Gasteiger partial charge on any atom is -0.496 e. The SMILES string of the molecule is CCOc1cc(O[C@@H]2C[C@H]3C(=O)C[C@]4(C(=O)NS(=O)(=O)C5(C)CC5)C[C@H]4/C=C\CCCCC[C@H](NC(=O)N4CC(C)(OC)C4)C(=O)N3C2)c2ccc(OC)c(C)c2n1. The Morgan fingerprint density at radius 2 is 1.81 bits per heavy atom. The molecule has 0 bridgehead atoms. The third-order valence-corrected chi connectivity index (χ3v) is 15.1. The lowest BCUT2D eigenvalue weighted by Gasteiger charge is -2.47. The Hall–Kier alpha value is -4.44. The summed E-state index contributed by atoms with van der Waals surface area (Å²) < 4.78 is 51.4. The molecule has 15 nitrogen and oxygen atoms in total. The van der Waals surface area contributed by atoms with Gasteiger partial charge in [-0.15, -0.1) is 0 Å². The van der Waals surface area contributed by atoms with Crippen LogP contribution in [0.3, 0.4) is 0 Å². The maximum Gasteiger partial charge on any atom is 0.318 e. The predicted octanol–water partition coefficient (Wildman–Crippen LogP) is 4.58. The third kappa shape index (κ3) is 8.10. The van der Waals surface area contributed by atoms with Crippen LogP contribution in [0.25, 0.3) is 10.9 Å². The molecule has 4 fully saturated rings. The lowest BCUT2D eigenvalue weighted by molar-refractivity contribution is -0.140. The number of rotatable bonds is 10. The van der Waals surface area contributed by atoms with Crippen molar-refractivity contribution in [1.29, 1.82) is 0 Å². The summed E-state index contributed by atoms with van der Waals surface area (Å²) in [4.78, 5) is 64.8. The lowest BCUT2D eigenvalue weighted by Crippen LogP contribution is -2.66. The second-order valence-corrected chi connectivity index (χ2v) is 19.4. The van der Waals surface area contributed by atoms with Gasteiger partial charge in [0.25, 0.3) is 0 Å². The van der Waals surface area contributed by atoms with E-state index in [1.807, 2.05) is 45.1 Å². The van der Waals surface area contributed by atoms with Crippen LogP contribution in [0.15, 0.2) is 30.4 Å². The molecule has 0 unspecified atom stereocenters. The van der Waals surface area contributed by atoms with E-state index in [0.29, 0.717) is 80.1 Å². The number of carbonyl (C=O) groups is 4. The molecule has 7 rings (SSSR count). The molecular formula is C42H57N5O10S. The smallest absolute Gasteiger partial charge is 0.318 e. The average molecular weight is 824 g/mol. The van der Waals surface area contributed by atoms with Gasteiger partial charge in [-0.05, 0) is 84.3 Å². The molecule has 5 aliphatic rings. The number of hydrogen-bond acceptors (Lipinski definition) is 11. The Morgan fingerprint density at radius 3 is 2.50 bits per heavy atom. The number of sulfonamides is 1. The zero-order valence-corrected chi connectivity index (χ0v) is 35.2. The van der Waals surface area contributed by atoms with Crippen molar-refractivity contribution >= 4 is 44.6 Å². The van der Waals surface area contributed by atoms with Gasteiger partial charge in [0.1, 0.15) is 29.2 Å². The standard InChI is InChI=1S/C42H57N5O10S/c1-7-56-35-20-34(29-15-16-33(54-5)26(2)36(29)44-35)57-28-19-31-32(48)22-42(38(50)45-58(52,53)41(4)17-18-41)21-27(42)13-11-9-8-10-12-14-30(37(49)47(31)23-28)43-39(51)46-24-40(3,25-46)55-6/h11,13,15-16,20,27-28,30-31H,7-10,12,14,17-19,21-25H2,1-6H3,(H,43,51)(H,45,50)/b13-11-/t27-,28-,30+,31+,42-/m1/s1. The number of nitrogens with zero attached hydrogens (tertiary/aromatic N) is 3. The number of carbonyl (C=O) groups excluding carboxylic acids is 4. The summed E-state index contributed by atoms with van der Waals surface area (Å²) in [5, 5.41) is 3.67. The fourth-order valence-corrected chi connectivity index (χ4v) is 9.97. The molecule has 1 aromatic heterocycles. The summed E-state index contributed by atoms with van der Waals surface area (Å²) >= 11 is 0. The number of methoxy groups -OCH3 is 2. The van der Waals surface area contributed by atoms with Gasteiger partial charge in [-0.25, -0.2) is 18.2 Å². The van der Waals surface area contributed by atoms with Crippen molar-refractivity contribution in [2.24, 2.45) is 11.3 Å². The number of Topliss-reactive ketones (excluding diaryl/α,β-unsaturated/α-hetero) is 1. The van der Waals surface area contributed by atoms with Gasteiger partial charge in [0.15, 0.2) is 5.78 Å². The second-order valence-electron chi connectivity index (χ2n) is 17.2. The summed E-state index contributed by atoms with van der Waals surface area (Å²) in [6.45, 7) is 8.42. The number of allylic oxidation sites excluding steroid dienone is 2. The summed E-state index contributed by atoms with van der Waals surface area (Å²) in [7, 11) is -0.773. The summed E-state index contributed by atoms with van der Waals surface area (Å²) in [5.74, 6) is -0.348. The third-order valence-electron chi connectivity index (χ3n) is 12.9. The number of likely N-dealkylation sites (tertiary alicyclic amines) is 1. The van der Waals surface area contributed by atoms with Crippen molar-refractivity contribution in [1.82, 2.24) is 24.8 Å². The fraction of sp³-hybridized carbons (Fsp3) is 0.643. The highest BCUT2D eigenvalue weighted by molar-refractivity contribution is 7.91. The van der Waals surface area contributed by atoms with Crippen molar-refractivity contribution in [3.8, 4) is 17.4 Å². The van der Waals surface area contributed by atoms with Gasteiger partial charge < -0.3 is 34.1 Å². The normalized spacial score (nSPS) is 28.5. The van der Waals surface area contributed by atoms with Crippen molar-refractivity contribution in [2.75, 3.05) is 40.5 Å². The molecule has 2 aromatic rings. The molecule has 316 valence electrons. The zero-order valence-electron chi connectivity index (χ0n) is 34.4. The van der Waals surface area contributed by atoms with Gasteiger partial charge in [-0.3, -0.25) is 19.1 Å². The largest absolute Gasteiger partial charge is 0.496 e. The van der Waals surface area contributed by atoms with Crippen LogP contribution in [0.1, 0.15) is 90.5 Å². The van der Waals surface area contributed by atoms with E-state index in [9.17, 15) is 27.6 Å². The van der Waals surface area contributed by atoms with E-state index in [1.165, 1.54) is 4.90 Å². The van der Waals surface area contributed by atoms with E-state index in [1.54, 1.807) is 32.1 Å². The number of nitrogens with one attached hydrogen (secondary N) is 2. The van der Waals surface area contributed by atoms with E-state index in [-0.39, 0.29) is 37.1 Å². The van der Waals surface area contributed by atoms with Crippen molar-refractivity contribution in [2.45, 2.75) is 120 Å². The van der Waals surface area contributed by atoms with Gasteiger partial charge >= 0.3 is 6.03 Å². The Balaban J connectivity index is 1.21. The topological polar surface area (TPSA) is 183 Å². The number of urea groups is 1. The molecule has 2 aliphatic carbocycles. The summed E-state index contributed by atoms with van der Waals surface area (Å²) in [5.41, 5.74) is -0.329. The summed E-state index contributed by atoms with van der Waals surface area (Å²) in [6.07, 6.45) is 7.71. The van der Waals surface area contributed by atoms with Crippen molar-refractivity contribution in [3.05, 3.63) is 35.9 Å². The van der Waals surface area contributed by atoms with Crippen LogP contribution in [-0.2, 0) is 29.1 Å². The molecular weight excluding hydrogens is 767 g/mol. The first-order chi connectivity index (χ1) is 27.6. The van der Waals surface area contributed by atoms with Crippen LogP contribution in [0.2, 0.25) is 0 Å². The molecule has 4 amide bonds. The molecule has 16 heteroatoms. The Kier molecular flexibility index (Phi) is 11.5. The monoisotopic (exact) mass is 823 g/mol. The number of fused-ring (bicyclic) bond motifs is 3. The first-order valence-corrected chi connectivity index (χ1v) is 22.0. The quantitative estimate of drug-likeness (QED) is 0.320. The lowest BCUT2D eigenvalue weighted by atomic mass is 9.91.